The Morgan fingerprint density at radius 1 is 1.13 bits per heavy atom. The summed E-state index contributed by atoms with van der Waals surface area (Å²) in [6.45, 7) is 1.18. The van der Waals surface area contributed by atoms with Gasteiger partial charge in [0.15, 0.2) is 5.89 Å². The Bertz CT molecular complexity index is 1050. The maximum Gasteiger partial charge on any atom is 0.251 e. The van der Waals surface area contributed by atoms with Crippen LogP contribution >= 0.6 is 11.6 Å². The van der Waals surface area contributed by atoms with Crippen LogP contribution < -0.4 is 5.32 Å². The number of hydrogen-bond donors (Lipinski definition) is 1. The number of oxazole rings is 1. The predicted octanol–water partition coefficient (Wildman–Crippen LogP) is 4.05. The first-order valence-electron chi connectivity index (χ1n) is 10.4. The third-order valence-corrected chi connectivity index (χ3v) is 5.82. The molecule has 160 valence electrons. The summed E-state index contributed by atoms with van der Waals surface area (Å²) in [5.41, 5.74) is 1.53. The minimum absolute atomic E-state index is 0.0240. The fourth-order valence-electron chi connectivity index (χ4n) is 3.79. The highest BCUT2D eigenvalue weighted by atomic mass is 35.5. The molecule has 0 aliphatic carbocycles. The lowest BCUT2D eigenvalue weighted by molar-refractivity contribution is -0.131. The van der Waals surface area contributed by atoms with Crippen LogP contribution in [0.25, 0.3) is 0 Å². The Morgan fingerprint density at radius 2 is 1.90 bits per heavy atom. The van der Waals surface area contributed by atoms with Gasteiger partial charge in [-0.2, -0.15) is 0 Å². The number of aromatic nitrogens is 1. The lowest BCUT2D eigenvalue weighted by Gasteiger charge is -2.31. The number of nitrogens with one attached hydrogen (secondary N) is 1. The van der Waals surface area contributed by atoms with E-state index < -0.39 is 0 Å². The van der Waals surface area contributed by atoms with Gasteiger partial charge >= 0.3 is 0 Å². The zero-order valence-electron chi connectivity index (χ0n) is 17.1. The number of hydrogen-bond acceptors (Lipinski definition) is 4. The molecule has 1 atom stereocenters. The fraction of sp³-hybridized carbons (Fsp3) is 0.292. The number of carbonyl (C=O) groups is 2. The van der Waals surface area contributed by atoms with Crippen LogP contribution in [0.4, 0.5) is 0 Å². The first-order chi connectivity index (χ1) is 15.1. The van der Waals surface area contributed by atoms with Gasteiger partial charge in [-0.25, -0.2) is 4.98 Å². The summed E-state index contributed by atoms with van der Waals surface area (Å²) in [5.74, 6) is 1.09. The van der Waals surface area contributed by atoms with E-state index in [0.717, 1.165) is 24.2 Å². The number of likely N-dealkylation sites (tertiary alicyclic amines) is 1. The first kappa shape index (κ1) is 21.1. The molecule has 0 spiro atoms. The number of piperidine rings is 1. The lowest BCUT2D eigenvalue weighted by Crippen LogP contribution is -2.44. The summed E-state index contributed by atoms with van der Waals surface area (Å²) in [4.78, 5) is 31.0. The van der Waals surface area contributed by atoms with E-state index in [1.165, 1.54) is 0 Å². The van der Waals surface area contributed by atoms with Crippen molar-refractivity contribution in [3.05, 3.63) is 88.6 Å². The van der Waals surface area contributed by atoms with E-state index >= 15 is 0 Å². The second kappa shape index (κ2) is 9.79. The second-order valence-corrected chi connectivity index (χ2v) is 8.07. The molecule has 2 aromatic carbocycles. The van der Waals surface area contributed by atoms with Crippen molar-refractivity contribution < 1.29 is 14.0 Å². The molecule has 3 aromatic rings. The van der Waals surface area contributed by atoms with Crippen molar-refractivity contribution in [2.75, 3.05) is 19.6 Å². The van der Waals surface area contributed by atoms with Crippen LogP contribution in [0.3, 0.4) is 0 Å². The van der Waals surface area contributed by atoms with Gasteiger partial charge in [-0.05, 0) is 36.6 Å². The molecule has 1 aromatic heterocycles. The van der Waals surface area contributed by atoms with E-state index in [9.17, 15) is 9.59 Å². The Balaban J connectivity index is 1.33. The van der Waals surface area contributed by atoms with Gasteiger partial charge in [-0.15, -0.1) is 0 Å². The molecule has 0 saturated carbocycles. The van der Waals surface area contributed by atoms with Gasteiger partial charge in [0, 0.05) is 30.1 Å². The van der Waals surface area contributed by atoms with Crippen molar-refractivity contribution >= 4 is 23.4 Å². The average Bonchev–Trinajstić information content (AvgIpc) is 3.28. The second-order valence-electron chi connectivity index (χ2n) is 7.66. The summed E-state index contributed by atoms with van der Waals surface area (Å²) >= 11 is 6.24. The van der Waals surface area contributed by atoms with Crippen LogP contribution in [0.5, 0.6) is 0 Å². The van der Waals surface area contributed by atoms with Crippen molar-refractivity contribution in [3.8, 4) is 0 Å². The van der Waals surface area contributed by atoms with Gasteiger partial charge in [0.2, 0.25) is 5.91 Å². The van der Waals surface area contributed by atoms with E-state index in [1.54, 1.807) is 35.4 Å². The molecule has 1 fully saturated rings. The molecule has 6 nitrogen and oxygen atoms in total. The van der Waals surface area contributed by atoms with E-state index in [1.807, 2.05) is 30.3 Å². The van der Waals surface area contributed by atoms with E-state index in [4.69, 9.17) is 16.0 Å². The zero-order chi connectivity index (χ0) is 21.6. The third-order valence-electron chi connectivity index (χ3n) is 5.45. The average molecular weight is 438 g/mol. The highest BCUT2D eigenvalue weighted by Crippen LogP contribution is 2.28. The standard InChI is InChI=1S/C24H24ClN3O3/c25-21-11-5-4-9-18(21)13-20-14-27-24(31-20)19-10-6-12-28(16-19)22(29)15-26-23(30)17-7-2-1-3-8-17/h1-5,7-9,11,14,19H,6,10,12-13,15-16H2,(H,26,30). The fourth-order valence-corrected chi connectivity index (χ4v) is 3.99. The smallest absolute Gasteiger partial charge is 0.251 e. The molecule has 1 unspecified atom stereocenters. The van der Waals surface area contributed by atoms with Crippen LogP contribution in [0, 0.1) is 0 Å². The highest BCUT2D eigenvalue weighted by molar-refractivity contribution is 6.31. The largest absolute Gasteiger partial charge is 0.445 e. The predicted molar refractivity (Wildman–Crippen MR) is 118 cm³/mol. The number of amides is 2. The van der Waals surface area contributed by atoms with Crippen molar-refractivity contribution in [2.24, 2.45) is 0 Å². The molecule has 1 aliphatic heterocycles. The van der Waals surface area contributed by atoms with Crippen molar-refractivity contribution in [2.45, 2.75) is 25.2 Å². The van der Waals surface area contributed by atoms with Crippen LogP contribution in [0.1, 0.15) is 46.3 Å². The highest BCUT2D eigenvalue weighted by Gasteiger charge is 2.28. The normalized spacial score (nSPS) is 16.2. The Kier molecular flexibility index (Phi) is 6.67. The van der Waals surface area contributed by atoms with Gasteiger partial charge in [0.05, 0.1) is 18.7 Å². The molecule has 0 bridgehead atoms. The number of carbonyl (C=O) groups excluding carboxylic acids is 2. The molecule has 2 amide bonds. The summed E-state index contributed by atoms with van der Waals surface area (Å²) in [5, 5.41) is 3.41. The molecular weight excluding hydrogens is 414 g/mol. The molecular formula is C24H24ClN3O3. The van der Waals surface area contributed by atoms with Crippen LogP contribution in [0.15, 0.2) is 65.2 Å². The number of rotatable bonds is 6. The molecule has 2 heterocycles. The molecule has 4 rings (SSSR count). The quantitative estimate of drug-likeness (QED) is 0.631. The van der Waals surface area contributed by atoms with Crippen molar-refractivity contribution in [3.63, 3.8) is 0 Å². The van der Waals surface area contributed by atoms with Gasteiger partial charge < -0.3 is 14.6 Å². The van der Waals surface area contributed by atoms with E-state index in [-0.39, 0.29) is 24.3 Å². The first-order valence-corrected chi connectivity index (χ1v) is 10.8. The van der Waals surface area contributed by atoms with Crippen LogP contribution in [0.2, 0.25) is 5.02 Å². The summed E-state index contributed by atoms with van der Waals surface area (Å²) in [6.07, 6.45) is 4.09. The van der Waals surface area contributed by atoms with E-state index in [2.05, 4.69) is 10.3 Å². The molecule has 1 N–H and O–H groups in total. The van der Waals surface area contributed by atoms with Crippen LogP contribution in [-0.4, -0.2) is 41.3 Å². The van der Waals surface area contributed by atoms with Gasteiger partial charge in [0.1, 0.15) is 5.76 Å². The number of nitrogens with zero attached hydrogens (tertiary/aromatic N) is 2. The lowest BCUT2D eigenvalue weighted by atomic mass is 9.98. The molecule has 7 heteroatoms. The molecule has 1 saturated heterocycles. The zero-order valence-corrected chi connectivity index (χ0v) is 17.8. The van der Waals surface area contributed by atoms with Crippen molar-refractivity contribution in [1.29, 1.82) is 0 Å². The van der Waals surface area contributed by atoms with Crippen LogP contribution in [-0.2, 0) is 11.2 Å². The molecule has 1 aliphatic rings. The Morgan fingerprint density at radius 3 is 2.71 bits per heavy atom. The summed E-state index contributed by atoms with van der Waals surface area (Å²) in [7, 11) is 0. The third kappa shape index (κ3) is 5.33. The summed E-state index contributed by atoms with van der Waals surface area (Å²) < 4.78 is 5.99. The molecule has 31 heavy (non-hydrogen) atoms. The van der Waals surface area contributed by atoms with Gasteiger partial charge in [-0.1, -0.05) is 48.0 Å². The number of halogens is 1. The number of benzene rings is 2. The SMILES string of the molecule is O=C(NCC(=O)N1CCCC(c2ncc(Cc3ccccc3Cl)o2)C1)c1ccccc1. The molecule has 0 radical (unpaired) electrons. The Labute approximate surface area is 186 Å². The minimum Gasteiger partial charge on any atom is -0.445 e. The van der Waals surface area contributed by atoms with Gasteiger partial charge in [-0.3, -0.25) is 9.59 Å². The maximum atomic E-state index is 12.6. The Hall–Kier alpha value is -3.12. The topological polar surface area (TPSA) is 75.4 Å². The summed E-state index contributed by atoms with van der Waals surface area (Å²) in [6, 6.07) is 16.5. The monoisotopic (exact) mass is 437 g/mol. The maximum absolute atomic E-state index is 12.6. The van der Waals surface area contributed by atoms with E-state index in [0.29, 0.717) is 36.0 Å². The minimum atomic E-state index is -0.251. The van der Waals surface area contributed by atoms with Crippen molar-refractivity contribution in [1.82, 2.24) is 15.2 Å². The van der Waals surface area contributed by atoms with Gasteiger partial charge in [0.25, 0.3) is 5.91 Å².